The monoisotopic (exact) mass is 641 g/mol. The molecule has 1 aliphatic rings. The number of ether oxygens (including phenoxy) is 3. The van der Waals surface area contributed by atoms with E-state index in [1.54, 1.807) is 19.9 Å². The summed E-state index contributed by atoms with van der Waals surface area (Å²) in [6.07, 6.45) is -8.63. The fraction of sp³-hybridized carbons (Fsp3) is 0.607. The van der Waals surface area contributed by atoms with Crippen LogP contribution in [-0.2, 0) is 35.3 Å². The molecule has 0 saturated carbocycles. The minimum Gasteiger partial charge on any atom is -0.480 e. The maximum absolute atomic E-state index is 13.4. The van der Waals surface area contributed by atoms with Crippen LogP contribution in [0.15, 0.2) is 18.2 Å². The molecule has 1 aliphatic heterocycles. The van der Waals surface area contributed by atoms with Gasteiger partial charge in [-0.2, -0.15) is 0 Å². The Bertz CT molecular complexity index is 1200. The van der Waals surface area contributed by atoms with Crippen molar-refractivity contribution in [3.8, 4) is 5.75 Å². The number of amides is 4. The molecule has 0 aromatic heterocycles. The largest absolute Gasteiger partial charge is 0.480 e. The molecule has 1 aromatic carbocycles. The number of carbonyl (C=O) groups is 5. The van der Waals surface area contributed by atoms with Crippen molar-refractivity contribution in [2.24, 2.45) is 11.7 Å². The first-order valence-corrected chi connectivity index (χ1v) is 14.4. The highest BCUT2D eigenvalue weighted by Gasteiger charge is 2.48. The molecule has 252 valence electrons. The fourth-order valence-corrected chi connectivity index (χ4v) is 4.16. The Morgan fingerprint density at radius 2 is 1.69 bits per heavy atom. The van der Waals surface area contributed by atoms with E-state index in [4.69, 9.17) is 25.1 Å². The number of esters is 1. The van der Waals surface area contributed by atoms with Gasteiger partial charge in [-0.3, -0.25) is 19.2 Å². The smallest absolute Gasteiger partial charge is 0.322 e. The average Bonchev–Trinajstić information content (AvgIpc) is 2.96. The molecule has 0 bridgehead atoms. The lowest BCUT2D eigenvalue weighted by Gasteiger charge is -2.39. The summed E-state index contributed by atoms with van der Waals surface area (Å²) in [5.74, 6) is -3.92. The zero-order valence-electron chi connectivity index (χ0n) is 25.5. The molecule has 1 saturated heterocycles. The molecule has 17 heteroatoms. The van der Waals surface area contributed by atoms with Gasteiger partial charge in [0.1, 0.15) is 37.2 Å². The normalized spacial score (nSPS) is 21.9. The van der Waals surface area contributed by atoms with Crippen LogP contribution in [0, 0.1) is 5.92 Å². The topological polar surface area (TPSA) is 268 Å². The fourth-order valence-electron chi connectivity index (χ4n) is 4.16. The molecule has 0 aliphatic carbocycles. The number of hydrogen-bond acceptors (Lipinski definition) is 12. The Morgan fingerprint density at radius 3 is 2.29 bits per heavy atom. The number of nitrogens with two attached hydrogens (primary N) is 1. The number of carboxylic acid groups (broad SMARTS) is 1. The molecule has 1 fully saturated rings. The van der Waals surface area contributed by atoms with Crippen molar-refractivity contribution in [1.29, 1.82) is 0 Å². The van der Waals surface area contributed by atoms with Crippen molar-refractivity contribution in [1.82, 2.24) is 16.0 Å². The van der Waals surface area contributed by atoms with Gasteiger partial charge in [-0.15, -0.1) is 0 Å². The highest BCUT2D eigenvalue weighted by molar-refractivity contribution is 5.96. The quantitative estimate of drug-likeness (QED) is 0.0738. The predicted molar refractivity (Wildman–Crippen MR) is 157 cm³/mol. The van der Waals surface area contributed by atoms with E-state index >= 15 is 0 Å². The summed E-state index contributed by atoms with van der Waals surface area (Å²) in [6.45, 7) is 6.26. The van der Waals surface area contributed by atoms with Crippen LogP contribution in [0.1, 0.15) is 46.1 Å². The molecular formula is C28H43N5O12. The van der Waals surface area contributed by atoms with E-state index < -0.39 is 79.0 Å². The lowest BCUT2D eigenvalue weighted by Crippen LogP contribution is -2.63. The Labute approximate surface area is 259 Å². The molecule has 45 heavy (non-hydrogen) atoms. The van der Waals surface area contributed by atoms with Gasteiger partial charge >= 0.3 is 18.0 Å². The van der Waals surface area contributed by atoms with Crippen LogP contribution in [0.3, 0.4) is 0 Å². The number of anilines is 1. The molecule has 10 N–H and O–H groups in total. The van der Waals surface area contributed by atoms with Gasteiger partial charge < -0.3 is 61.6 Å². The highest BCUT2D eigenvalue weighted by atomic mass is 16.7. The third-order valence-electron chi connectivity index (χ3n) is 6.46. The van der Waals surface area contributed by atoms with Crippen LogP contribution in [0.25, 0.3) is 0 Å². The van der Waals surface area contributed by atoms with E-state index in [9.17, 15) is 39.3 Å². The molecule has 4 amide bonds. The number of nitrogens with one attached hydrogen (secondary N) is 4. The van der Waals surface area contributed by atoms with Gasteiger partial charge in [0.2, 0.25) is 12.2 Å². The Balaban J connectivity index is 2.36. The number of aliphatic hydroxyl groups is 3. The van der Waals surface area contributed by atoms with Gasteiger partial charge in [0.25, 0.3) is 5.91 Å². The number of hydrogen-bond donors (Lipinski definition) is 9. The maximum Gasteiger partial charge on any atom is 0.322 e. The number of rotatable bonds is 16. The maximum atomic E-state index is 13.4. The second kappa shape index (κ2) is 17.5. The van der Waals surface area contributed by atoms with Crippen LogP contribution < -0.4 is 31.7 Å². The third kappa shape index (κ3) is 11.8. The summed E-state index contributed by atoms with van der Waals surface area (Å²) in [6, 6.07) is 2.87. The van der Waals surface area contributed by atoms with Gasteiger partial charge in [0.05, 0.1) is 17.6 Å². The average molecular weight is 642 g/mol. The molecular weight excluding hydrogens is 598 g/mol. The number of aliphatic hydroxyl groups excluding tert-OH is 3. The van der Waals surface area contributed by atoms with E-state index in [-0.39, 0.29) is 30.6 Å². The summed E-state index contributed by atoms with van der Waals surface area (Å²) in [4.78, 5) is 59.7. The second-order valence-corrected chi connectivity index (χ2v) is 11.0. The summed E-state index contributed by atoms with van der Waals surface area (Å²) < 4.78 is 16.6. The van der Waals surface area contributed by atoms with Crippen LogP contribution in [-0.4, -0.2) is 106 Å². The highest BCUT2D eigenvalue weighted by Crippen LogP contribution is 2.31. The Morgan fingerprint density at radius 1 is 1.00 bits per heavy atom. The van der Waals surface area contributed by atoms with Crippen molar-refractivity contribution in [3.05, 3.63) is 23.8 Å². The molecule has 17 nitrogen and oxygen atoms in total. The number of primary amides is 1. The minimum atomic E-state index is -1.94. The molecule has 1 aromatic rings. The van der Waals surface area contributed by atoms with E-state index in [1.165, 1.54) is 12.1 Å². The van der Waals surface area contributed by atoms with Gasteiger partial charge in [-0.25, -0.2) is 4.79 Å². The summed E-state index contributed by atoms with van der Waals surface area (Å²) in [5.41, 5.74) is 5.59. The molecule has 1 heterocycles. The zero-order chi connectivity index (χ0) is 33.8. The van der Waals surface area contributed by atoms with Crippen molar-refractivity contribution in [2.45, 2.75) is 89.9 Å². The molecule has 6 atom stereocenters. The van der Waals surface area contributed by atoms with Crippen LogP contribution in [0.2, 0.25) is 0 Å². The van der Waals surface area contributed by atoms with Crippen LogP contribution in [0.4, 0.5) is 10.5 Å². The van der Waals surface area contributed by atoms with Crippen molar-refractivity contribution >= 4 is 35.5 Å². The van der Waals surface area contributed by atoms with Gasteiger partial charge in [0, 0.05) is 12.6 Å². The SMILES string of the molecule is CC(C)N[C@H](CCCNC(N)=O)C(=O)Nc1ccc(COC(=O)C(C)C)cc1O[C@H]1O[C@@H](C(=O)NCC(=O)O)[C@H](O)[C@@H](O)[C@@H]1O. The molecule has 2 rings (SSSR count). The van der Waals surface area contributed by atoms with Gasteiger partial charge in [-0.05, 0) is 30.5 Å². The Hall–Kier alpha value is -4.03. The van der Waals surface area contributed by atoms with Crippen LogP contribution >= 0.6 is 0 Å². The standard InChI is InChI=1S/C28H43N5O12/c1-13(2)26(41)43-12-15-7-8-16(33-24(39)17(32-14(3)4)6-5-9-30-28(29)42)18(10-15)44-27-22(38)20(36)21(37)23(45-27)25(40)31-11-19(34)35/h7-8,10,13-14,17,20-23,27,32,36-38H,5-6,9,11-12H2,1-4H3,(H,31,40)(H,33,39)(H,34,35)(H3,29,30,42)/t17-,20-,21-,22+,23-,27+/m1/s1. The van der Waals surface area contributed by atoms with Gasteiger partial charge in [0.15, 0.2) is 6.10 Å². The minimum absolute atomic E-state index is 0.0769. The summed E-state index contributed by atoms with van der Waals surface area (Å²) >= 11 is 0. The number of urea groups is 1. The third-order valence-corrected chi connectivity index (χ3v) is 6.46. The van der Waals surface area contributed by atoms with E-state index in [0.29, 0.717) is 18.4 Å². The van der Waals surface area contributed by atoms with E-state index in [1.807, 2.05) is 19.2 Å². The first-order valence-electron chi connectivity index (χ1n) is 14.4. The molecule has 0 radical (unpaired) electrons. The van der Waals surface area contributed by atoms with E-state index in [0.717, 1.165) is 0 Å². The molecule has 0 unspecified atom stereocenters. The number of benzene rings is 1. The zero-order valence-corrected chi connectivity index (χ0v) is 25.5. The van der Waals surface area contributed by atoms with Crippen LogP contribution in [0.5, 0.6) is 5.75 Å². The summed E-state index contributed by atoms with van der Waals surface area (Å²) in [7, 11) is 0. The number of aliphatic carboxylic acids is 1. The van der Waals surface area contributed by atoms with Crippen molar-refractivity contribution in [3.63, 3.8) is 0 Å². The van der Waals surface area contributed by atoms with E-state index in [2.05, 4.69) is 16.0 Å². The lowest BCUT2D eigenvalue weighted by atomic mass is 9.98. The summed E-state index contributed by atoms with van der Waals surface area (Å²) in [5, 5.41) is 50.6. The van der Waals surface area contributed by atoms with Crippen molar-refractivity contribution < 1.29 is 58.6 Å². The first kappa shape index (κ1) is 37.2. The molecule has 0 spiro atoms. The van der Waals surface area contributed by atoms with Gasteiger partial charge in [-0.1, -0.05) is 33.8 Å². The Kier molecular flexibility index (Phi) is 14.4. The van der Waals surface area contributed by atoms with Crippen molar-refractivity contribution in [2.75, 3.05) is 18.4 Å². The number of carbonyl (C=O) groups excluding carboxylic acids is 4. The first-order chi connectivity index (χ1) is 21.1. The lowest BCUT2D eigenvalue weighted by molar-refractivity contribution is -0.266. The number of carboxylic acids is 1. The second-order valence-electron chi connectivity index (χ2n) is 11.0. The predicted octanol–water partition coefficient (Wildman–Crippen LogP) is -1.47.